The largest absolute Gasteiger partial charge is 0.417 e. The molecule has 2 aliphatic rings. The number of benzene rings is 1. The highest BCUT2D eigenvalue weighted by Gasteiger charge is 2.54. The van der Waals surface area contributed by atoms with Crippen molar-refractivity contribution in [1.29, 1.82) is 0 Å². The number of rotatable bonds is 2. The van der Waals surface area contributed by atoms with Crippen molar-refractivity contribution in [3.05, 3.63) is 35.4 Å². The molecule has 1 aromatic carbocycles. The topological polar surface area (TPSA) is 57.7 Å². The van der Waals surface area contributed by atoms with Gasteiger partial charge in [0, 0.05) is 25.0 Å². The molecule has 1 aromatic rings. The third kappa shape index (κ3) is 3.15. The molecule has 2 fully saturated rings. The van der Waals surface area contributed by atoms with Gasteiger partial charge in [-0.15, -0.1) is 0 Å². The highest BCUT2D eigenvalue weighted by molar-refractivity contribution is 7.92. The maximum absolute atomic E-state index is 13.1. The number of nitrogens with zero attached hydrogens (tertiary/aromatic N) is 2. The minimum atomic E-state index is -4.64. The van der Waals surface area contributed by atoms with Gasteiger partial charge in [-0.25, -0.2) is 8.42 Å². The maximum Gasteiger partial charge on any atom is 0.417 e. The van der Waals surface area contributed by atoms with Gasteiger partial charge >= 0.3 is 6.18 Å². The average molecular weight is 376 g/mol. The molecule has 0 aromatic heterocycles. The summed E-state index contributed by atoms with van der Waals surface area (Å²) in [6, 6.07) is 4.37. The van der Waals surface area contributed by atoms with Crippen LogP contribution in [-0.2, 0) is 16.0 Å². The SMILES string of the molecule is CN(C)[C@@H]1CS(=O)(=O)[C@H]2CN(C(=O)c3ccccc3C(F)(F)F)C[C@@H]12. The van der Waals surface area contributed by atoms with Crippen LogP contribution in [0.2, 0.25) is 0 Å². The lowest BCUT2D eigenvalue weighted by molar-refractivity contribution is -0.138. The van der Waals surface area contributed by atoms with Gasteiger partial charge in [-0.3, -0.25) is 4.79 Å². The van der Waals surface area contributed by atoms with Gasteiger partial charge < -0.3 is 9.80 Å². The zero-order chi connectivity index (χ0) is 18.6. The summed E-state index contributed by atoms with van der Waals surface area (Å²) >= 11 is 0. The fraction of sp³-hybridized carbons (Fsp3) is 0.562. The zero-order valence-corrected chi connectivity index (χ0v) is 14.6. The number of amides is 1. The first kappa shape index (κ1) is 18.2. The summed E-state index contributed by atoms with van der Waals surface area (Å²) in [7, 11) is 0.177. The van der Waals surface area contributed by atoms with Gasteiger partial charge in [-0.2, -0.15) is 13.2 Å². The Kier molecular flexibility index (Phi) is 4.35. The highest BCUT2D eigenvalue weighted by Crippen LogP contribution is 2.38. The van der Waals surface area contributed by atoms with Crippen molar-refractivity contribution in [2.45, 2.75) is 17.5 Å². The summed E-state index contributed by atoms with van der Waals surface area (Å²) in [5, 5.41) is -0.707. The predicted molar refractivity (Wildman–Crippen MR) is 85.9 cm³/mol. The van der Waals surface area contributed by atoms with Crippen LogP contribution >= 0.6 is 0 Å². The van der Waals surface area contributed by atoms with E-state index in [2.05, 4.69) is 0 Å². The molecule has 25 heavy (non-hydrogen) atoms. The molecule has 0 N–H and O–H groups in total. The summed E-state index contributed by atoms with van der Waals surface area (Å²) in [6.07, 6.45) is -4.64. The van der Waals surface area contributed by atoms with E-state index in [0.29, 0.717) is 0 Å². The van der Waals surface area contributed by atoms with Crippen LogP contribution < -0.4 is 0 Å². The predicted octanol–water partition coefficient (Wildman–Crippen LogP) is 1.50. The van der Waals surface area contributed by atoms with Gasteiger partial charge in [0.15, 0.2) is 9.84 Å². The first-order valence-electron chi connectivity index (χ1n) is 7.86. The number of hydrogen-bond donors (Lipinski definition) is 0. The fourth-order valence-electron chi connectivity index (χ4n) is 3.82. The van der Waals surface area contributed by atoms with Crippen molar-refractivity contribution in [1.82, 2.24) is 9.80 Å². The normalized spacial score (nSPS) is 28.4. The van der Waals surface area contributed by atoms with Crippen LogP contribution in [0.15, 0.2) is 24.3 Å². The number of alkyl halides is 3. The second kappa shape index (κ2) is 5.98. The van der Waals surface area contributed by atoms with E-state index in [1.165, 1.54) is 17.0 Å². The van der Waals surface area contributed by atoms with Crippen LogP contribution in [0.4, 0.5) is 13.2 Å². The number of likely N-dealkylation sites (tertiary alicyclic amines) is 1. The molecule has 0 spiro atoms. The summed E-state index contributed by atoms with van der Waals surface area (Å²) in [5.41, 5.74) is -1.43. The van der Waals surface area contributed by atoms with Crippen molar-refractivity contribution in [3.8, 4) is 0 Å². The van der Waals surface area contributed by atoms with E-state index < -0.39 is 38.3 Å². The van der Waals surface area contributed by atoms with Crippen molar-refractivity contribution >= 4 is 15.7 Å². The lowest BCUT2D eigenvalue weighted by Crippen LogP contribution is -2.39. The van der Waals surface area contributed by atoms with Crippen LogP contribution in [0, 0.1) is 5.92 Å². The zero-order valence-electron chi connectivity index (χ0n) is 13.8. The van der Waals surface area contributed by atoms with Gasteiger partial charge in [0.25, 0.3) is 5.91 Å². The smallest absolute Gasteiger partial charge is 0.337 e. The molecule has 2 aliphatic heterocycles. The second-order valence-corrected chi connectivity index (χ2v) is 9.08. The standard InChI is InChI=1S/C16H19F3N2O3S/c1-20(2)13-9-25(23,24)14-8-21(7-11(13)14)15(22)10-5-3-4-6-12(10)16(17,18)19/h3-6,11,13-14H,7-9H2,1-2H3/t11-,13+,14-/m0/s1. The molecular formula is C16H19F3N2O3S. The van der Waals surface area contributed by atoms with Crippen LogP contribution in [0.1, 0.15) is 15.9 Å². The molecule has 2 heterocycles. The van der Waals surface area contributed by atoms with Gasteiger partial charge in [0.05, 0.1) is 22.1 Å². The molecule has 0 unspecified atom stereocenters. The summed E-state index contributed by atoms with van der Waals surface area (Å²) in [4.78, 5) is 15.7. The summed E-state index contributed by atoms with van der Waals surface area (Å²) in [5.74, 6) is -1.02. The van der Waals surface area contributed by atoms with E-state index in [0.717, 1.165) is 12.1 Å². The van der Waals surface area contributed by atoms with E-state index in [1.807, 2.05) is 0 Å². The molecule has 2 saturated heterocycles. The van der Waals surface area contributed by atoms with Crippen LogP contribution in [0.25, 0.3) is 0 Å². The summed E-state index contributed by atoms with van der Waals surface area (Å²) in [6.45, 7) is 0.0974. The van der Waals surface area contributed by atoms with Gasteiger partial charge in [-0.1, -0.05) is 12.1 Å². The third-order valence-electron chi connectivity index (χ3n) is 5.08. The van der Waals surface area contributed by atoms with Crippen LogP contribution in [0.3, 0.4) is 0 Å². The molecule has 0 radical (unpaired) electrons. The summed E-state index contributed by atoms with van der Waals surface area (Å²) < 4.78 is 64.1. The monoisotopic (exact) mass is 376 g/mol. The Morgan fingerprint density at radius 3 is 2.44 bits per heavy atom. The van der Waals surface area contributed by atoms with Gasteiger partial charge in [0.1, 0.15) is 0 Å². The minimum Gasteiger partial charge on any atom is -0.337 e. The maximum atomic E-state index is 13.1. The number of sulfone groups is 1. The van der Waals surface area contributed by atoms with E-state index in [4.69, 9.17) is 0 Å². The van der Waals surface area contributed by atoms with Crippen LogP contribution in [0.5, 0.6) is 0 Å². The lowest BCUT2D eigenvalue weighted by atomic mass is 10.00. The lowest BCUT2D eigenvalue weighted by Gasteiger charge is -2.25. The Balaban J connectivity index is 1.90. The molecule has 0 bridgehead atoms. The van der Waals surface area contributed by atoms with Crippen LogP contribution in [-0.4, -0.2) is 68.4 Å². The van der Waals surface area contributed by atoms with E-state index in [9.17, 15) is 26.4 Å². The molecular weight excluding hydrogens is 357 g/mol. The minimum absolute atomic E-state index is 0.0243. The Morgan fingerprint density at radius 1 is 1.20 bits per heavy atom. The van der Waals surface area contributed by atoms with E-state index >= 15 is 0 Å². The van der Waals surface area contributed by atoms with Gasteiger partial charge in [0.2, 0.25) is 0 Å². The molecule has 1 amide bonds. The first-order chi connectivity index (χ1) is 11.5. The Labute approximate surface area is 144 Å². The van der Waals surface area contributed by atoms with Crippen molar-refractivity contribution in [3.63, 3.8) is 0 Å². The first-order valence-corrected chi connectivity index (χ1v) is 9.57. The molecule has 9 heteroatoms. The molecule has 3 rings (SSSR count). The molecule has 3 atom stereocenters. The number of carbonyl (C=O) groups is 1. The second-order valence-electron chi connectivity index (χ2n) is 6.82. The number of hydrogen-bond acceptors (Lipinski definition) is 4. The van der Waals surface area contributed by atoms with E-state index in [1.54, 1.807) is 19.0 Å². The van der Waals surface area contributed by atoms with E-state index in [-0.39, 0.29) is 30.8 Å². The molecule has 138 valence electrons. The molecule has 0 saturated carbocycles. The number of halogens is 3. The number of fused-ring (bicyclic) bond motifs is 1. The Bertz CT molecular complexity index is 792. The third-order valence-corrected chi connectivity index (χ3v) is 7.31. The molecule has 0 aliphatic carbocycles. The van der Waals surface area contributed by atoms with Crippen molar-refractivity contribution in [2.75, 3.05) is 32.9 Å². The quantitative estimate of drug-likeness (QED) is 0.785. The Hall–Kier alpha value is -1.61. The average Bonchev–Trinajstić information content (AvgIpc) is 3.05. The highest BCUT2D eigenvalue weighted by atomic mass is 32.2. The molecule has 5 nitrogen and oxygen atoms in total. The number of carbonyl (C=O) groups excluding carboxylic acids is 1. The van der Waals surface area contributed by atoms with Crippen molar-refractivity contribution in [2.24, 2.45) is 5.92 Å². The van der Waals surface area contributed by atoms with Crippen molar-refractivity contribution < 1.29 is 26.4 Å². The van der Waals surface area contributed by atoms with Gasteiger partial charge in [-0.05, 0) is 26.2 Å². The Morgan fingerprint density at radius 2 is 1.84 bits per heavy atom. The fourth-order valence-corrected chi connectivity index (χ4v) is 6.29.